The lowest BCUT2D eigenvalue weighted by molar-refractivity contribution is 0.507. The first kappa shape index (κ1) is 8.13. The van der Waals surface area contributed by atoms with Crippen molar-refractivity contribution in [2.24, 2.45) is 5.92 Å². The van der Waals surface area contributed by atoms with E-state index in [1.807, 2.05) is 0 Å². The zero-order valence-electron chi connectivity index (χ0n) is 6.52. The summed E-state index contributed by atoms with van der Waals surface area (Å²) in [5, 5.41) is 0.372. The molecule has 0 aliphatic heterocycles. The molecule has 0 fully saturated rings. The van der Waals surface area contributed by atoms with Crippen LogP contribution >= 0.6 is 11.6 Å². The van der Waals surface area contributed by atoms with Crippen LogP contribution in [0.5, 0.6) is 0 Å². The van der Waals surface area contributed by atoms with Crippen LogP contribution < -0.4 is 0 Å². The lowest BCUT2D eigenvalue weighted by Gasteiger charge is -2.19. The molecule has 0 amide bonds. The molecule has 0 spiro atoms. The molecule has 1 heteroatoms. The molecule has 0 aromatic carbocycles. The van der Waals surface area contributed by atoms with E-state index in [9.17, 15) is 0 Å². The maximum Gasteiger partial charge on any atom is 0.0396 e. The van der Waals surface area contributed by atoms with Crippen LogP contribution in [0.15, 0.2) is 12.2 Å². The third-order valence-electron chi connectivity index (χ3n) is 2.15. The summed E-state index contributed by atoms with van der Waals surface area (Å²) < 4.78 is 0. The van der Waals surface area contributed by atoms with Gasteiger partial charge in [-0.2, -0.15) is 0 Å². The normalized spacial score (nSPS) is 28.4. The highest BCUT2D eigenvalue weighted by atomic mass is 35.5. The van der Waals surface area contributed by atoms with Crippen molar-refractivity contribution in [1.82, 2.24) is 0 Å². The number of hydrogen-bond acceptors (Lipinski definition) is 0. The first-order valence-electron chi connectivity index (χ1n) is 4.15. The van der Waals surface area contributed by atoms with Crippen molar-refractivity contribution in [1.29, 1.82) is 0 Å². The molecule has 2 atom stereocenters. The average Bonchev–Trinajstić information content (AvgIpc) is 2.05. The second-order valence-electron chi connectivity index (χ2n) is 2.95. The zero-order valence-corrected chi connectivity index (χ0v) is 7.27. The van der Waals surface area contributed by atoms with Gasteiger partial charge in [0.2, 0.25) is 0 Å². The van der Waals surface area contributed by atoms with Crippen molar-refractivity contribution < 1.29 is 0 Å². The Labute approximate surface area is 68.3 Å². The summed E-state index contributed by atoms with van der Waals surface area (Å²) in [5.41, 5.74) is 0. The Kier molecular flexibility index (Phi) is 3.27. The van der Waals surface area contributed by atoms with Gasteiger partial charge in [0.1, 0.15) is 0 Å². The number of allylic oxidation sites excluding steroid dienone is 2. The third kappa shape index (κ3) is 2.02. The largest absolute Gasteiger partial charge is 0.122 e. The molecule has 0 radical (unpaired) electrons. The van der Waals surface area contributed by atoms with Gasteiger partial charge < -0.3 is 0 Å². The van der Waals surface area contributed by atoms with Gasteiger partial charge in [-0.05, 0) is 31.6 Å². The SMILES string of the molecule is CCC(Cl)C1C=CCCC1. The standard InChI is InChI=1S/C9H15Cl/c1-2-9(10)8-6-4-3-5-7-8/h4,6,8-9H,2-3,5,7H2,1H3. The van der Waals surface area contributed by atoms with Gasteiger partial charge in [-0.15, -0.1) is 11.6 Å². The monoisotopic (exact) mass is 158 g/mol. The molecule has 2 unspecified atom stereocenters. The highest BCUT2D eigenvalue weighted by molar-refractivity contribution is 6.20. The predicted octanol–water partition coefficient (Wildman–Crippen LogP) is 3.36. The molecule has 0 N–H and O–H groups in total. The molecule has 1 aliphatic carbocycles. The van der Waals surface area contributed by atoms with Crippen LogP contribution in [0.2, 0.25) is 0 Å². The Hall–Kier alpha value is 0.0300. The van der Waals surface area contributed by atoms with E-state index < -0.39 is 0 Å². The van der Waals surface area contributed by atoms with Crippen LogP contribution in [-0.2, 0) is 0 Å². The smallest absolute Gasteiger partial charge is 0.0396 e. The first-order chi connectivity index (χ1) is 4.84. The number of halogens is 1. The van der Waals surface area contributed by atoms with Crippen LogP contribution in [0.4, 0.5) is 0 Å². The molecular weight excluding hydrogens is 144 g/mol. The second kappa shape index (κ2) is 4.02. The van der Waals surface area contributed by atoms with E-state index in [0.29, 0.717) is 11.3 Å². The maximum atomic E-state index is 6.09. The highest BCUT2D eigenvalue weighted by Gasteiger charge is 2.15. The maximum absolute atomic E-state index is 6.09. The second-order valence-corrected chi connectivity index (χ2v) is 3.51. The van der Waals surface area contributed by atoms with Gasteiger partial charge >= 0.3 is 0 Å². The van der Waals surface area contributed by atoms with Crippen LogP contribution in [0, 0.1) is 5.92 Å². The van der Waals surface area contributed by atoms with E-state index in [2.05, 4.69) is 19.1 Å². The first-order valence-corrected chi connectivity index (χ1v) is 4.59. The molecular formula is C9H15Cl. The Morgan fingerprint density at radius 2 is 2.50 bits per heavy atom. The van der Waals surface area contributed by atoms with Gasteiger partial charge in [-0.25, -0.2) is 0 Å². The number of rotatable bonds is 2. The highest BCUT2D eigenvalue weighted by Crippen LogP contribution is 2.25. The molecule has 0 saturated heterocycles. The molecule has 0 nitrogen and oxygen atoms in total. The number of hydrogen-bond donors (Lipinski definition) is 0. The summed E-state index contributed by atoms with van der Waals surface area (Å²) in [6.45, 7) is 2.15. The van der Waals surface area contributed by atoms with Crippen molar-refractivity contribution in [3.8, 4) is 0 Å². The molecule has 58 valence electrons. The molecule has 0 bridgehead atoms. The van der Waals surface area contributed by atoms with E-state index in [1.165, 1.54) is 19.3 Å². The van der Waals surface area contributed by atoms with Crippen LogP contribution in [0.25, 0.3) is 0 Å². The fourth-order valence-corrected chi connectivity index (χ4v) is 1.65. The van der Waals surface area contributed by atoms with Gasteiger partial charge in [0.25, 0.3) is 0 Å². The van der Waals surface area contributed by atoms with Gasteiger partial charge in [0, 0.05) is 5.38 Å². The minimum Gasteiger partial charge on any atom is -0.122 e. The lowest BCUT2D eigenvalue weighted by Crippen LogP contribution is -2.13. The fourth-order valence-electron chi connectivity index (χ4n) is 1.44. The summed E-state index contributed by atoms with van der Waals surface area (Å²) in [6, 6.07) is 0. The van der Waals surface area contributed by atoms with Gasteiger partial charge in [0.05, 0.1) is 0 Å². The minimum absolute atomic E-state index is 0.372. The van der Waals surface area contributed by atoms with Crippen molar-refractivity contribution >= 4 is 11.6 Å². The molecule has 1 rings (SSSR count). The van der Waals surface area contributed by atoms with E-state index >= 15 is 0 Å². The van der Waals surface area contributed by atoms with Gasteiger partial charge in [0.15, 0.2) is 0 Å². The predicted molar refractivity (Wildman–Crippen MR) is 46.4 cm³/mol. The molecule has 0 heterocycles. The van der Waals surface area contributed by atoms with Crippen LogP contribution in [0.1, 0.15) is 32.6 Å². The number of alkyl halides is 1. The van der Waals surface area contributed by atoms with E-state index in [1.54, 1.807) is 0 Å². The topological polar surface area (TPSA) is 0 Å². The molecule has 0 aromatic heterocycles. The average molecular weight is 159 g/mol. The van der Waals surface area contributed by atoms with Gasteiger partial charge in [-0.1, -0.05) is 19.1 Å². The Morgan fingerprint density at radius 1 is 1.70 bits per heavy atom. The Balaban J connectivity index is 2.38. The summed E-state index contributed by atoms with van der Waals surface area (Å²) in [5.74, 6) is 0.653. The molecule has 0 saturated carbocycles. The quantitative estimate of drug-likeness (QED) is 0.427. The van der Waals surface area contributed by atoms with Crippen LogP contribution in [-0.4, -0.2) is 5.38 Å². The van der Waals surface area contributed by atoms with E-state index in [-0.39, 0.29) is 0 Å². The molecule has 10 heavy (non-hydrogen) atoms. The molecule has 1 aliphatic rings. The third-order valence-corrected chi connectivity index (χ3v) is 2.78. The van der Waals surface area contributed by atoms with Crippen molar-refractivity contribution in [2.75, 3.05) is 0 Å². The lowest BCUT2D eigenvalue weighted by atomic mass is 9.92. The van der Waals surface area contributed by atoms with E-state index in [0.717, 1.165) is 6.42 Å². The Morgan fingerprint density at radius 3 is 3.00 bits per heavy atom. The Bertz CT molecular complexity index is 118. The summed E-state index contributed by atoms with van der Waals surface area (Å²) in [7, 11) is 0. The molecule has 0 aromatic rings. The van der Waals surface area contributed by atoms with Crippen molar-refractivity contribution in [3.05, 3.63) is 12.2 Å². The van der Waals surface area contributed by atoms with Crippen molar-refractivity contribution in [2.45, 2.75) is 38.0 Å². The van der Waals surface area contributed by atoms with E-state index in [4.69, 9.17) is 11.6 Å². The summed E-state index contributed by atoms with van der Waals surface area (Å²) in [6.07, 6.45) is 9.51. The summed E-state index contributed by atoms with van der Waals surface area (Å²) >= 11 is 6.09. The minimum atomic E-state index is 0.372. The van der Waals surface area contributed by atoms with Gasteiger partial charge in [-0.3, -0.25) is 0 Å². The van der Waals surface area contributed by atoms with Crippen LogP contribution in [0.3, 0.4) is 0 Å². The fraction of sp³-hybridized carbons (Fsp3) is 0.778. The summed E-state index contributed by atoms with van der Waals surface area (Å²) in [4.78, 5) is 0. The zero-order chi connectivity index (χ0) is 7.40. The van der Waals surface area contributed by atoms with Crippen molar-refractivity contribution in [3.63, 3.8) is 0 Å².